The van der Waals surface area contributed by atoms with Gasteiger partial charge >= 0.3 is 17.9 Å². The van der Waals surface area contributed by atoms with Gasteiger partial charge in [-0.15, -0.1) is 0 Å². The Hall–Kier alpha value is -2.45. The lowest BCUT2D eigenvalue weighted by Gasteiger charge is -2.62. The van der Waals surface area contributed by atoms with Crippen LogP contribution in [-0.2, 0) is 28.5 Å². The number of aliphatic hydroxyl groups excluding tert-OH is 1. The van der Waals surface area contributed by atoms with E-state index in [9.17, 15) is 19.5 Å². The van der Waals surface area contributed by atoms with Crippen LogP contribution in [0.25, 0.3) is 0 Å². The molecule has 1 N–H and O–H groups in total. The van der Waals surface area contributed by atoms with Crippen molar-refractivity contribution < 1.29 is 38.4 Å². The lowest BCUT2D eigenvalue weighted by molar-refractivity contribution is -0.296. The lowest BCUT2D eigenvalue weighted by atomic mass is 9.48. The van der Waals surface area contributed by atoms with Crippen LogP contribution in [0.1, 0.15) is 64.7 Å². The molecule has 1 aromatic carbocycles. The first kappa shape index (κ1) is 24.7. The summed E-state index contributed by atoms with van der Waals surface area (Å²) in [6.07, 6.45) is -2.64. The number of hydrogen-bond donors (Lipinski definition) is 1. The van der Waals surface area contributed by atoms with Gasteiger partial charge < -0.3 is 24.1 Å². The summed E-state index contributed by atoms with van der Waals surface area (Å²) in [6.45, 7) is 10.1. The van der Waals surface area contributed by atoms with Gasteiger partial charge in [-0.25, -0.2) is 4.79 Å². The fourth-order valence-corrected chi connectivity index (χ4v) is 6.90. The average molecular weight is 475 g/mol. The third-order valence-corrected chi connectivity index (χ3v) is 8.22. The smallest absolute Gasteiger partial charge is 0.338 e. The first-order valence-corrected chi connectivity index (χ1v) is 11.8. The first-order valence-electron chi connectivity index (χ1n) is 11.8. The van der Waals surface area contributed by atoms with Gasteiger partial charge in [0.15, 0.2) is 6.10 Å². The van der Waals surface area contributed by atoms with Crippen LogP contribution in [0.2, 0.25) is 0 Å². The van der Waals surface area contributed by atoms with Gasteiger partial charge in [-0.2, -0.15) is 0 Å². The summed E-state index contributed by atoms with van der Waals surface area (Å²) in [5, 5.41) is 11.8. The van der Waals surface area contributed by atoms with Crippen LogP contribution in [0, 0.1) is 17.3 Å². The van der Waals surface area contributed by atoms with Gasteiger partial charge in [0, 0.05) is 13.8 Å². The Morgan fingerprint density at radius 3 is 2.18 bits per heavy atom. The second-order valence-corrected chi connectivity index (χ2v) is 10.6. The van der Waals surface area contributed by atoms with Crippen molar-refractivity contribution in [1.82, 2.24) is 0 Å². The van der Waals surface area contributed by atoms with Crippen LogP contribution in [0.15, 0.2) is 30.3 Å². The zero-order valence-electron chi connectivity index (χ0n) is 20.6. The Morgan fingerprint density at radius 1 is 0.971 bits per heavy atom. The maximum atomic E-state index is 13.3. The highest BCUT2D eigenvalue weighted by atomic mass is 16.6. The summed E-state index contributed by atoms with van der Waals surface area (Å²) in [7, 11) is 0. The number of carbonyl (C=O) groups excluding carboxylic acids is 3. The van der Waals surface area contributed by atoms with Gasteiger partial charge in [-0.1, -0.05) is 25.1 Å². The number of ether oxygens (including phenoxy) is 4. The molecule has 1 spiro atoms. The van der Waals surface area contributed by atoms with E-state index < -0.39 is 64.9 Å². The van der Waals surface area contributed by atoms with E-state index in [0.29, 0.717) is 18.4 Å². The largest absolute Gasteiger partial charge is 0.462 e. The van der Waals surface area contributed by atoms with E-state index in [1.165, 1.54) is 13.8 Å². The number of rotatable bonds is 4. The van der Waals surface area contributed by atoms with E-state index in [2.05, 4.69) is 0 Å². The van der Waals surface area contributed by atoms with Crippen LogP contribution < -0.4 is 0 Å². The zero-order valence-corrected chi connectivity index (χ0v) is 20.6. The highest BCUT2D eigenvalue weighted by Gasteiger charge is 2.81. The Bertz CT molecular complexity index is 974. The summed E-state index contributed by atoms with van der Waals surface area (Å²) in [5.41, 5.74) is -2.93. The fourth-order valence-electron chi connectivity index (χ4n) is 6.90. The van der Waals surface area contributed by atoms with Crippen molar-refractivity contribution in [3.8, 4) is 0 Å². The summed E-state index contributed by atoms with van der Waals surface area (Å²) >= 11 is 0. The number of carbonyl (C=O) groups is 3. The molecule has 2 aliphatic carbocycles. The molecule has 8 nitrogen and oxygen atoms in total. The topological polar surface area (TPSA) is 108 Å². The number of hydrogen-bond acceptors (Lipinski definition) is 8. The molecule has 8 unspecified atom stereocenters. The van der Waals surface area contributed by atoms with Crippen molar-refractivity contribution in [3.63, 3.8) is 0 Å². The molecule has 34 heavy (non-hydrogen) atoms. The molecular formula is C26H34O8. The van der Waals surface area contributed by atoms with Crippen molar-refractivity contribution in [3.05, 3.63) is 35.9 Å². The predicted octanol–water partition coefficient (Wildman–Crippen LogP) is 3.05. The summed E-state index contributed by atoms with van der Waals surface area (Å²) < 4.78 is 24.4. The van der Waals surface area contributed by atoms with E-state index in [1.54, 1.807) is 30.3 Å². The molecule has 8 atom stereocenters. The summed E-state index contributed by atoms with van der Waals surface area (Å²) in [4.78, 5) is 37.6. The summed E-state index contributed by atoms with van der Waals surface area (Å²) in [5.74, 6) is -2.43. The van der Waals surface area contributed by atoms with Gasteiger partial charge in [-0.05, 0) is 51.7 Å². The normalized spacial score (nSPS) is 40.1. The molecular weight excluding hydrogens is 440 g/mol. The quantitative estimate of drug-likeness (QED) is 0.524. The Morgan fingerprint density at radius 2 is 1.59 bits per heavy atom. The molecule has 2 bridgehead atoms. The average Bonchev–Trinajstić information content (AvgIpc) is 2.93. The van der Waals surface area contributed by atoms with Crippen LogP contribution in [0.4, 0.5) is 0 Å². The Labute approximate surface area is 199 Å². The van der Waals surface area contributed by atoms with Crippen molar-refractivity contribution in [2.75, 3.05) is 0 Å². The van der Waals surface area contributed by atoms with Gasteiger partial charge in [0.2, 0.25) is 0 Å². The second kappa shape index (κ2) is 8.34. The maximum Gasteiger partial charge on any atom is 0.338 e. The van der Waals surface area contributed by atoms with Gasteiger partial charge in [0.25, 0.3) is 0 Å². The number of benzene rings is 1. The molecule has 3 aliphatic rings. The van der Waals surface area contributed by atoms with Crippen LogP contribution in [-0.4, -0.2) is 58.6 Å². The highest BCUT2D eigenvalue weighted by Crippen LogP contribution is 2.67. The van der Waals surface area contributed by atoms with Crippen LogP contribution >= 0.6 is 0 Å². The Balaban J connectivity index is 1.91. The molecule has 186 valence electrons. The third-order valence-electron chi connectivity index (χ3n) is 8.22. The standard InChI is InChI=1S/C26H34O8/c1-14-12-13-18(31-15(2)27)25(6)22(33-23(30)17-10-8-7-9-11-17)20(32-16(3)28)19-21(29)26(14,25)34-24(19,4)5/h7-11,14,18-22,29H,12-13H2,1-6H3. The fraction of sp³-hybridized carbons (Fsp3) is 0.654. The number of esters is 3. The molecule has 0 aromatic heterocycles. The van der Waals surface area contributed by atoms with E-state index in [-0.39, 0.29) is 5.92 Å². The van der Waals surface area contributed by atoms with Crippen molar-refractivity contribution in [1.29, 1.82) is 0 Å². The predicted molar refractivity (Wildman–Crippen MR) is 121 cm³/mol. The molecule has 1 heterocycles. The van der Waals surface area contributed by atoms with Crippen molar-refractivity contribution in [2.24, 2.45) is 17.3 Å². The molecule has 4 rings (SSSR count). The van der Waals surface area contributed by atoms with Crippen LogP contribution in [0.3, 0.4) is 0 Å². The van der Waals surface area contributed by atoms with E-state index >= 15 is 0 Å². The number of fused-ring (bicyclic) bond motifs is 1. The van der Waals surface area contributed by atoms with E-state index in [0.717, 1.165) is 0 Å². The molecule has 8 heteroatoms. The minimum atomic E-state index is -1.19. The molecule has 0 amide bonds. The molecule has 2 saturated carbocycles. The first-order chi connectivity index (χ1) is 15.9. The monoisotopic (exact) mass is 474 g/mol. The lowest BCUT2D eigenvalue weighted by Crippen LogP contribution is -2.76. The summed E-state index contributed by atoms with van der Waals surface area (Å²) in [6, 6.07) is 8.53. The van der Waals surface area contributed by atoms with Crippen LogP contribution in [0.5, 0.6) is 0 Å². The highest BCUT2D eigenvalue weighted by molar-refractivity contribution is 5.89. The second-order valence-electron chi connectivity index (χ2n) is 10.6. The molecule has 0 radical (unpaired) electrons. The SMILES string of the molecule is CC(=O)OC1C2C(O)C3(OC2(C)C)C(C)CCC(OC(C)=O)C3(C)C1OC(=O)c1ccccc1. The molecule has 3 fully saturated rings. The van der Waals surface area contributed by atoms with E-state index in [4.69, 9.17) is 18.9 Å². The van der Waals surface area contributed by atoms with Gasteiger partial charge in [0.05, 0.1) is 28.6 Å². The molecule has 1 saturated heterocycles. The van der Waals surface area contributed by atoms with Crippen molar-refractivity contribution >= 4 is 17.9 Å². The van der Waals surface area contributed by atoms with Crippen molar-refractivity contribution in [2.45, 2.75) is 90.0 Å². The minimum Gasteiger partial charge on any atom is -0.462 e. The maximum absolute atomic E-state index is 13.3. The third kappa shape index (κ3) is 3.45. The zero-order chi connectivity index (χ0) is 25.1. The van der Waals surface area contributed by atoms with Gasteiger partial charge in [0.1, 0.15) is 17.8 Å². The Kier molecular flexibility index (Phi) is 6.05. The van der Waals surface area contributed by atoms with Gasteiger partial charge in [-0.3, -0.25) is 9.59 Å². The number of aliphatic hydroxyl groups is 1. The minimum absolute atomic E-state index is 0.139. The molecule has 1 aromatic rings. The molecule has 1 aliphatic heterocycles. The van der Waals surface area contributed by atoms with E-state index in [1.807, 2.05) is 27.7 Å².